The largest absolute Gasteiger partial charge is 0.417 e. The third kappa shape index (κ3) is 3.58. The maximum Gasteiger partial charge on any atom is 0.417 e. The lowest BCUT2D eigenvalue weighted by atomic mass is 9.81. The van der Waals surface area contributed by atoms with Crippen LogP contribution in [-0.2, 0) is 19.6 Å². The Hall–Kier alpha value is -2.94. The second-order valence-corrected chi connectivity index (χ2v) is 8.88. The van der Waals surface area contributed by atoms with Crippen LogP contribution >= 0.6 is 11.6 Å². The Labute approximate surface area is 193 Å². The van der Waals surface area contributed by atoms with Crippen molar-refractivity contribution in [3.8, 4) is 11.4 Å². The molecule has 0 saturated carbocycles. The first-order valence-electron chi connectivity index (χ1n) is 10.7. The molecule has 2 aromatic heterocycles. The molecule has 4 heterocycles. The summed E-state index contributed by atoms with van der Waals surface area (Å²) in [4.78, 5) is 24.6. The number of aromatic nitrogens is 4. The Balaban J connectivity index is 1.61. The van der Waals surface area contributed by atoms with Crippen LogP contribution in [0.5, 0.6) is 0 Å². The summed E-state index contributed by atoms with van der Waals surface area (Å²) in [5, 5.41) is 3.69. The van der Waals surface area contributed by atoms with Gasteiger partial charge in [-0.2, -0.15) is 18.3 Å². The summed E-state index contributed by atoms with van der Waals surface area (Å²) in [6.45, 7) is 1.80. The quantitative estimate of drug-likeness (QED) is 0.514. The third-order valence-corrected chi connectivity index (χ3v) is 6.89. The van der Waals surface area contributed by atoms with Gasteiger partial charge in [-0.1, -0.05) is 17.7 Å². The molecule has 2 aliphatic rings. The van der Waals surface area contributed by atoms with Crippen LogP contribution in [0.15, 0.2) is 30.5 Å². The number of alkyl halides is 3. The van der Waals surface area contributed by atoms with Gasteiger partial charge in [0.25, 0.3) is 5.91 Å². The van der Waals surface area contributed by atoms with Crippen LogP contribution in [0.1, 0.15) is 58.3 Å². The third-order valence-electron chi connectivity index (χ3n) is 6.48. The summed E-state index contributed by atoms with van der Waals surface area (Å²) >= 11 is 6.10. The minimum Gasteiger partial charge on any atom is -0.327 e. The van der Waals surface area contributed by atoms with Crippen molar-refractivity contribution in [2.75, 3.05) is 0 Å². The van der Waals surface area contributed by atoms with Gasteiger partial charge in [-0.05, 0) is 50.8 Å². The molecule has 1 amide bonds. The molecule has 3 aromatic rings. The first kappa shape index (κ1) is 21.9. The van der Waals surface area contributed by atoms with E-state index >= 15 is 0 Å². The van der Waals surface area contributed by atoms with Gasteiger partial charge in [-0.25, -0.2) is 9.97 Å². The number of amides is 1. The molecule has 1 saturated heterocycles. The maximum atomic E-state index is 13.6. The van der Waals surface area contributed by atoms with Crippen LogP contribution < -0.4 is 0 Å². The summed E-state index contributed by atoms with van der Waals surface area (Å²) in [6, 6.07) is 4.84. The van der Waals surface area contributed by atoms with E-state index in [1.54, 1.807) is 22.7 Å². The summed E-state index contributed by atoms with van der Waals surface area (Å²) < 4.78 is 41.9. The second kappa shape index (κ2) is 7.83. The molecule has 10 heteroatoms. The zero-order valence-electron chi connectivity index (χ0n) is 18.0. The summed E-state index contributed by atoms with van der Waals surface area (Å²) in [5.74, 6) is 0.0725. The SMILES string of the molecule is Cc1nc(-c2ccnn2C)c2c(n1)[C@H]1CCC[C@@H](C2)N1C(=O)c1cccc(C(F)(F)F)c1Cl. The Morgan fingerprint density at radius 2 is 1.97 bits per heavy atom. The Morgan fingerprint density at radius 3 is 2.67 bits per heavy atom. The van der Waals surface area contributed by atoms with Crippen molar-refractivity contribution in [1.29, 1.82) is 0 Å². The fraction of sp³-hybridized carbons (Fsp3) is 0.391. The zero-order valence-corrected chi connectivity index (χ0v) is 18.8. The van der Waals surface area contributed by atoms with Crippen LogP contribution in [0.4, 0.5) is 13.2 Å². The lowest BCUT2D eigenvalue weighted by Gasteiger charge is -2.46. The predicted octanol–water partition coefficient (Wildman–Crippen LogP) is 5.15. The number of fused-ring (bicyclic) bond motifs is 4. The average Bonchev–Trinajstić information content (AvgIpc) is 3.18. The molecule has 0 aliphatic carbocycles. The molecule has 0 radical (unpaired) electrons. The molecule has 5 rings (SSSR count). The molecule has 172 valence electrons. The monoisotopic (exact) mass is 475 g/mol. The first-order valence-corrected chi connectivity index (χ1v) is 11.1. The van der Waals surface area contributed by atoms with E-state index in [9.17, 15) is 18.0 Å². The van der Waals surface area contributed by atoms with Crippen molar-refractivity contribution in [3.05, 3.63) is 63.7 Å². The maximum absolute atomic E-state index is 13.6. The van der Waals surface area contributed by atoms with Crippen LogP contribution in [0, 0.1) is 6.92 Å². The Kier molecular flexibility index (Phi) is 5.19. The second-order valence-electron chi connectivity index (χ2n) is 8.51. The van der Waals surface area contributed by atoms with Gasteiger partial charge in [-0.15, -0.1) is 0 Å². The minimum atomic E-state index is -4.64. The van der Waals surface area contributed by atoms with Crippen LogP contribution in [0.2, 0.25) is 5.02 Å². The minimum absolute atomic E-state index is 0.135. The van der Waals surface area contributed by atoms with E-state index in [0.717, 1.165) is 41.6 Å². The zero-order chi connectivity index (χ0) is 23.5. The lowest BCUT2D eigenvalue weighted by Crippen LogP contribution is -2.50. The summed E-state index contributed by atoms with van der Waals surface area (Å²) in [7, 11) is 1.84. The number of carbonyl (C=O) groups excluding carboxylic acids is 1. The van der Waals surface area contributed by atoms with Crippen molar-refractivity contribution < 1.29 is 18.0 Å². The number of carbonyl (C=O) groups is 1. The molecule has 1 fully saturated rings. The van der Waals surface area contributed by atoms with Crippen LogP contribution in [0.25, 0.3) is 11.4 Å². The van der Waals surface area contributed by atoms with E-state index in [-0.39, 0.29) is 17.6 Å². The van der Waals surface area contributed by atoms with Gasteiger partial charge in [-0.3, -0.25) is 9.48 Å². The standard InChI is InChI=1S/C23H21ClF3N5O/c1-12-29-20(17-9-10-28-31(17)2)15-11-13-5-3-8-18(21(15)30-12)32(13)22(33)14-6-4-7-16(19(14)24)23(25,26)27/h4,6-7,9-10,13,18H,3,5,8,11H2,1-2H3/t13-,18+/m0/s1. The Morgan fingerprint density at radius 1 is 1.18 bits per heavy atom. The van der Waals surface area contributed by atoms with Gasteiger partial charge in [0.05, 0.1) is 39.3 Å². The average molecular weight is 476 g/mol. The van der Waals surface area contributed by atoms with Crippen molar-refractivity contribution in [1.82, 2.24) is 24.6 Å². The van der Waals surface area contributed by atoms with Crippen LogP contribution in [-0.4, -0.2) is 36.6 Å². The number of piperidine rings is 1. The van der Waals surface area contributed by atoms with Crippen molar-refractivity contribution in [2.45, 2.75) is 50.9 Å². The van der Waals surface area contributed by atoms with Gasteiger partial charge in [0.2, 0.25) is 0 Å². The highest BCUT2D eigenvalue weighted by Crippen LogP contribution is 2.45. The molecule has 0 unspecified atom stereocenters. The number of nitrogens with zero attached hydrogens (tertiary/aromatic N) is 5. The lowest BCUT2D eigenvalue weighted by molar-refractivity contribution is -0.137. The summed E-state index contributed by atoms with van der Waals surface area (Å²) in [6.07, 6.45) is -0.0909. The number of benzene rings is 1. The topological polar surface area (TPSA) is 63.9 Å². The van der Waals surface area contributed by atoms with Gasteiger partial charge >= 0.3 is 6.18 Å². The Bertz CT molecular complexity index is 1260. The molecular formula is C23H21ClF3N5O. The molecule has 1 aromatic carbocycles. The smallest absolute Gasteiger partial charge is 0.327 e. The highest BCUT2D eigenvalue weighted by Gasteiger charge is 2.44. The number of aryl methyl sites for hydroxylation is 2. The predicted molar refractivity (Wildman–Crippen MR) is 116 cm³/mol. The molecule has 0 N–H and O–H groups in total. The van der Waals surface area contributed by atoms with Gasteiger partial charge in [0.15, 0.2) is 0 Å². The molecular weight excluding hydrogens is 455 g/mol. The van der Waals surface area contributed by atoms with Crippen molar-refractivity contribution in [3.63, 3.8) is 0 Å². The number of halogens is 4. The van der Waals surface area contributed by atoms with E-state index < -0.39 is 22.7 Å². The number of hydrogen-bond donors (Lipinski definition) is 0. The van der Waals surface area contributed by atoms with E-state index in [4.69, 9.17) is 16.6 Å². The van der Waals surface area contributed by atoms with Gasteiger partial charge in [0.1, 0.15) is 5.82 Å². The number of rotatable bonds is 2. The van der Waals surface area contributed by atoms with Crippen LogP contribution in [0.3, 0.4) is 0 Å². The fourth-order valence-electron chi connectivity index (χ4n) is 5.06. The van der Waals surface area contributed by atoms with Gasteiger partial charge in [0, 0.05) is 24.8 Å². The summed E-state index contributed by atoms with van der Waals surface area (Å²) in [5.41, 5.74) is 2.23. The molecule has 0 spiro atoms. The molecule has 2 bridgehead atoms. The number of hydrogen-bond acceptors (Lipinski definition) is 4. The fourth-order valence-corrected chi connectivity index (χ4v) is 5.37. The molecule has 2 atom stereocenters. The molecule has 2 aliphatic heterocycles. The van der Waals surface area contributed by atoms with E-state index in [0.29, 0.717) is 18.7 Å². The molecule has 33 heavy (non-hydrogen) atoms. The van der Waals surface area contributed by atoms with E-state index in [1.807, 2.05) is 13.1 Å². The first-order chi connectivity index (χ1) is 15.7. The molecule has 6 nitrogen and oxygen atoms in total. The highest BCUT2D eigenvalue weighted by molar-refractivity contribution is 6.34. The highest BCUT2D eigenvalue weighted by atomic mass is 35.5. The normalized spacial score (nSPS) is 20.0. The van der Waals surface area contributed by atoms with E-state index in [2.05, 4.69) is 10.1 Å². The van der Waals surface area contributed by atoms with E-state index in [1.165, 1.54) is 12.1 Å². The van der Waals surface area contributed by atoms with Crippen molar-refractivity contribution in [2.24, 2.45) is 7.05 Å². The van der Waals surface area contributed by atoms with Crippen molar-refractivity contribution >= 4 is 17.5 Å². The van der Waals surface area contributed by atoms with Gasteiger partial charge < -0.3 is 4.90 Å².